The zero-order valence-corrected chi connectivity index (χ0v) is 13.7. The Kier molecular flexibility index (Phi) is 5.02. The SMILES string of the molecule is CC(C)(C)c1cc(C(=O)NCC(C(=O)O)c2ccc(F)cc2)no1. The molecule has 7 heteroatoms. The third kappa shape index (κ3) is 4.18. The lowest BCUT2D eigenvalue weighted by atomic mass is 9.93. The number of benzene rings is 1. The van der Waals surface area contributed by atoms with Crippen LogP contribution in [0.15, 0.2) is 34.9 Å². The van der Waals surface area contributed by atoms with Gasteiger partial charge in [-0.3, -0.25) is 9.59 Å². The summed E-state index contributed by atoms with van der Waals surface area (Å²) in [5.74, 6) is -2.52. The molecule has 2 N–H and O–H groups in total. The van der Waals surface area contributed by atoms with Crippen molar-refractivity contribution in [3.05, 3.63) is 53.2 Å². The van der Waals surface area contributed by atoms with E-state index in [1.807, 2.05) is 20.8 Å². The Balaban J connectivity index is 2.06. The second-order valence-electron chi connectivity index (χ2n) is 6.48. The van der Waals surface area contributed by atoms with Crippen molar-refractivity contribution in [1.29, 1.82) is 0 Å². The van der Waals surface area contributed by atoms with Crippen molar-refractivity contribution in [2.75, 3.05) is 6.54 Å². The molecule has 1 aromatic heterocycles. The van der Waals surface area contributed by atoms with Crippen LogP contribution >= 0.6 is 0 Å². The fraction of sp³-hybridized carbons (Fsp3) is 0.353. The Morgan fingerprint density at radius 1 is 1.29 bits per heavy atom. The van der Waals surface area contributed by atoms with Gasteiger partial charge in [-0.05, 0) is 17.7 Å². The van der Waals surface area contributed by atoms with Crippen LogP contribution in [0.4, 0.5) is 4.39 Å². The average molecular weight is 334 g/mol. The normalized spacial score (nSPS) is 12.7. The maximum Gasteiger partial charge on any atom is 0.312 e. The Morgan fingerprint density at radius 3 is 2.42 bits per heavy atom. The van der Waals surface area contributed by atoms with Gasteiger partial charge in [0.05, 0.1) is 5.92 Å². The molecule has 2 rings (SSSR count). The van der Waals surface area contributed by atoms with Crippen LogP contribution in [-0.4, -0.2) is 28.7 Å². The zero-order chi connectivity index (χ0) is 17.9. The summed E-state index contributed by atoms with van der Waals surface area (Å²) in [4.78, 5) is 23.5. The molecule has 0 fully saturated rings. The van der Waals surface area contributed by atoms with Crippen LogP contribution in [0.2, 0.25) is 0 Å². The maximum absolute atomic E-state index is 12.9. The summed E-state index contributed by atoms with van der Waals surface area (Å²) in [6.07, 6.45) is 0. The van der Waals surface area contributed by atoms with Crippen LogP contribution in [-0.2, 0) is 10.2 Å². The third-order valence-corrected chi connectivity index (χ3v) is 3.52. The Morgan fingerprint density at radius 2 is 1.92 bits per heavy atom. The molecule has 2 aromatic rings. The predicted molar refractivity (Wildman–Crippen MR) is 84.3 cm³/mol. The molecule has 0 saturated heterocycles. The van der Waals surface area contributed by atoms with E-state index >= 15 is 0 Å². The maximum atomic E-state index is 12.9. The number of aliphatic carboxylic acids is 1. The molecule has 1 unspecified atom stereocenters. The van der Waals surface area contributed by atoms with Gasteiger partial charge in [0.15, 0.2) is 5.69 Å². The fourth-order valence-corrected chi connectivity index (χ4v) is 2.06. The number of carbonyl (C=O) groups excluding carboxylic acids is 1. The van der Waals surface area contributed by atoms with Crippen LogP contribution in [0.3, 0.4) is 0 Å². The van der Waals surface area contributed by atoms with E-state index in [2.05, 4.69) is 10.5 Å². The van der Waals surface area contributed by atoms with Crippen molar-refractivity contribution < 1.29 is 23.6 Å². The van der Waals surface area contributed by atoms with Gasteiger partial charge in [-0.1, -0.05) is 38.1 Å². The summed E-state index contributed by atoms with van der Waals surface area (Å²) in [5.41, 5.74) is 0.200. The molecule has 0 aliphatic rings. The lowest BCUT2D eigenvalue weighted by molar-refractivity contribution is -0.138. The molecule has 1 aromatic carbocycles. The number of hydrogen-bond acceptors (Lipinski definition) is 4. The van der Waals surface area contributed by atoms with Crippen LogP contribution in [0.1, 0.15) is 48.5 Å². The minimum Gasteiger partial charge on any atom is -0.481 e. The van der Waals surface area contributed by atoms with Gasteiger partial charge < -0.3 is 14.9 Å². The van der Waals surface area contributed by atoms with E-state index in [1.54, 1.807) is 0 Å². The Bertz CT molecular complexity index is 732. The van der Waals surface area contributed by atoms with Crippen molar-refractivity contribution in [2.24, 2.45) is 0 Å². The fourth-order valence-electron chi connectivity index (χ4n) is 2.06. The molecule has 128 valence electrons. The minimum absolute atomic E-state index is 0.0863. The van der Waals surface area contributed by atoms with Gasteiger partial charge in [0.25, 0.3) is 5.91 Å². The quantitative estimate of drug-likeness (QED) is 0.877. The van der Waals surface area contributed by atoms with Gasteiger partial charge in [0, 0.05) is 18.0 Å². The summed E-state index contributed by atoms with van der Waals surface area (Å²) in [6, 6.07) is 6.66. The molecular weight excluding hydrogens is 315 g/mol. The van der Waals surface area contributed by atoms with Crippen LogP contribution < -0.4 is 5.32 Å². The van der Waals surface area contributed by atoms with E-state index in [4.69, 9.17) is 4.52 Å². The van der Waals surface area contributed by atoms with Crippen LogP contribution in [0.5, 0.6) is 0 Å². The number of carboxylic acid groups (broad SMARTS) is 1. The summed E-state index contributed by atoms with van der Waals surface area (Å²) in [7, 11) is 0. The van der Waals surface area contributed by atoms with Crippen LogP contribution in [0.25, 0.3) is 0 Å². The van der Waals surface area contributed by atoms with Crippen molar-refractivity contribution in [1.82, 2.24) is 10.5 Å². The highest BCUT2D eigenvalue weighted by molar-refractivity contribution is 5.92. The number of rotatable bonds is 5. The molecule has 1 heterocycles. The van der Waals surface area contributed by atoms with E-state index in [9.17, 15) is 19.1 Å². The number of nitrogens with one attached hydrogen (secondary N) is 1. The van der Waals surface area contributed by atoms with Gasteiger partial charge >= 0.3 is 5.97 Å². The number of carboxylic acids is 1. The van der Waals surface area contributed by atoms with Gasteiger partial charge in [-0.15, -0.1) is 0 Å². The molecule has 0 radical (unpaired) electrons. The second kappa shape index (κ2) is 6.82. The third-order valence-electron chi connectivity index (χ3n) is 3.52. The highest BCUT2D eigenvalue weighted by atomic mass is 19.1. The van der Waals surface area contributed by atoms with E-state index in [1.165, 1.54) is 30.3 Å². The van der Waals surface area contributed by atoms with Crippen molar-refractivity contribution in [3.63, 3.8) is 0 Å². The number of hydrogen-bond donors (Lipinski definition) is 2. The number of nitrogens with zero attached hydrogens (tertiary/aromatic N) is 1. The smallest absolute Gasteiger partial charge is 0.312 e. The second-order valence-corrected chi connectivity index (χ2v) is 6.48. The summed E-state index contributed by atoms with van der Waals surface area (Å²) in [5, 5.41) is 15.5. The Hall–Kier alpha value is -2.70. The van der Waals surface area contributed by atoms with Crippen molar-refractivity contribution in [3.8, 4) is 0 Å². The van der Waals surface area contributed by atoms with Gasteiger partial charge in [0.1, 0.15) is 11.6 Å². The van der Waals surface area contributed by atoms with Crippen LogP contribution in [0, 0.1) is 5.82 Å². The van der Waals surface area contributed by atoms with Crippen molar-refractivity contribution in [2.45, 2.75) is 32.1 Å². The number of amides is 1. The summed E-state index contributed by atoms with van der Waals surface area (Å²) in [6.45, 7) is 5.62. The molecule has 1 atom stereocenters. The molecule has 0 bridgehead atoms. The molecule has 0 spiro atoms. The van der Waals surface area contributed by atoms with Gasteiger partial charge in [-0.25, -0.2) is 4.39 Å². The molecule has 0 aliphatic heterocycles. The van der Waals surface area contributed by atoms with E-state index in [0.717, 1.165) is 0 Å². The topological polar surface area (TPSA) is 92.4 Å². The molecule has 0 aliphatic carbocycles. The molecule has 24 heavy (non-hydrogen) atoms. The lowest BCUT2D eigenvalue weighted by Crippen LogP contribution is -2.31. The largest absolute Gasteiger partial charge is 0.481 e. The van der Waals surface area contributed by atoms with Crippen molar-refractivity contribution >= 4 is 11.9 Å². The number of carbonyl (C=O) groups is 2. The summed E-state index contributed by atoms with van der Waals surface area (Å²) >= 11 is 0. The molecule has 1 amide bonds. The molecule has 0 saturated carbocycles. The van der Waals surface area contributed by atoms with Gasteiger partial charge in [-0.2, -0.15) is 0 Å². The first kappa shape index (κ1) is 17.7. The highest BCUT2D eigenvalue weighted by Gasteiger charge is 2.24. The Labute approximate surface area is 138 Å². The summed E-state index contributed by atoms with van der Waals surface area (Å²) < 4.78 is 18.1. The lowest BCUT2D eigenvalue weighted by Gasteiger charge is -2.13. The molecular formula is C17H19FN2O4. The van der Waals surface area contributed by atoms with E-state index in [-0.39, 0.29) is 17.7 Å². The first-order chi connectivity index (χ1) is 11.2. The first-order valence-corrected chi connectivity index (χ1v) is 7.42. The predicted octanol–water partition coefficient (Wildman–Crippen LogP) is 2.71. The average Bonchev–Trinajstić information content (AvgIpc) is 2.99. The zero-order valence-electron chi connectivity index (χ0n) is 13.7. The minimum atomic E-state index is -1.11. The molecule has 6 nitrogen and oxygen atoms in total. The van der Waals surface area contributed by atoms with Gasteiger partial charge in [0.2, 0.25) is 0 Å². The highest BCUT2D eigenvalue weighted by Crippen LogP contribution is 2.22. The van der Waals surface area contributed by atoms with E-state index < -0.39 is 23.6 Å². The van der Waals surface area contributed by atoms with E-state index in [0.29, 0.717) is 11.3 Å². The number of halogens is 1. The monoisotopic (exact) mass is 334 g/mol. The number of aromatic nitrogens is 1. The standard InChI is InChI=1S/C17H19FN2O4/c1-17(2,3)14-8-13(20-24-14)15(21)19-9-12(16(22)23)10-4-6-11(18)7-5-10/h4-8,12H,9H2,1-3H3,(H,19,21)(H,22,23). The first-order valence-electron chi connectivity index (χ1n) is 7.42.